The number of carbonyl (C=O) groups is 3. The van der Waals surface area contributed by atoms with Gasteiger partial charge in [-0.25, -0.2) is 0 Å². The van der Waals surface area contributed by atoms with Crippen molar-refractivity contribution in [2.24, 2.45) is 0 Å². The molecule has 0 aromatic rings. The maximum absolute atomic E-state index is 10.4. The van der Waals surface area contributed by atoms with E-state index in [1.54, 1.807) is 0 Å². The molecule has 404 valence electrons. The predicted octanol–water partition coefficient (Wildman–Crippen LogP) is 21.7. The first-order chi connectivity index (χ1) is 33.3. The molecule has 0 bridgehead atoms. The van der Waals surface area contributed by atoms with Gasteiger partial charge in [-0.1, -0.05) is 289 Å². The number of hydrogen-bond donors (Lipinski definition) is 3. The van der Waals surface area contributed by atoms with Crippen LogP contribution in [-0.4, -0.2) is 33.2 Å². The molecule has 0 amide bonds. The van der Waals surface area contributed by atoms with E-state index in [2.05, 4.69) is 45.1 Å². The zero-order valence-corrected chi connectivity index (χ0v) is 46.1. The normalized spacial score (nSPS) is 11.2. The maximum Gasteiger partial charge on any atom is 0.303 e. The summed E-state index contributed by atoms with van der Waals surface area (Å²) in [6.45, 7) is 6.82. The second-order valence-electron chi connectivity index (χ2n) is 20.4. The van der Waals surface area contributed by atoms with Crippen LogP contribution < -0.4 is 0 Å². The predicted molar refractivity (Wildman–Crippen MR) is 298 cm³/mol. The van der Waals surface area contributed by atoms with E-state index < -0.39 is 17.9 Å². The van der Waals surface area contributed by atoms with Gasteiger partial charge in [0.25, 0.3) is 0 Å². The van der Waals surface area contributed by atoms with Gasteiger partial charge >= 0.3 is 17.9 Å². The summed E-state index contributed by atoms with van der Waals surface area (Å²) in [4.78, 5) is 31.1. The number of carboxylic acids is 3. The number of hydrogen-bond acceptors (Lipinski definition) is 3. The van der Waals surface area contributed by atoms with Crippen molar-refractivity contribution in [3.63, 3.8) is 0 Å². The van der Waals surface area contributed by atoms with Gasteiger partial charge in [-0.05, 0) is 70.6 Å². The topological polar surface area (TPSA) is 112 Å². The zero-order chi connectivity index (χ0) is 50.3. The van der Waals surface area contributed by atoms with Crippen molar-refractivity contribution in [2.75, 3.05) is 0 Å². The Hall–Kier alpha value is -2.11. The lowest BCUT2D eigenvalue weighted by molar-refractivity contribution is -0.138. The van der Waals surface area contributed by atoms with Crippen LogP contribution in [0.1, 0.15) is 355 Å². The Morgan fingerprint density at radius 3 is 0.500 bits per heavy atom. The lowest BCUT2D eigenvalue weighted by Crippen LogP contribution is -1.93. The Balaban J connectivity index is -0.000000933. The van der Waals surface area contributed by atoms with Gasteiger partial charge in [0.05, 0.1) is 0 Å². The van der Waals surface area contributed by atoms with Crippen molar-refractivity contribution in [2.45, 2.75) is 355 Å². The maximum atomic E-state index is 10.4. The molecule has 0 radical (unpaired) electrons. The second kappa shape index (κ2) is 67.0. The SMILES string of the molecule is CCCCCCCCCC/C=C\CCCCCCCC(=O)O.CCCCCCCCCC/C=C\CCCCCCCC(=O)O.CCCCCCCCCCCCCCCCCCCCCC(=O)O. The van der Waals surface area contributed by atoms with E-state index in [4.69, 9.17) is 15.3 Å². The van der Waals surface area contributed by atoms with Crippen LogP contribution in [0.25, 0.3) is 0 Å². The number of unbranched alkanes of at least 4 members (excludes halogenated alkanes) is 44. The summed E-state index contributed by atoms with van der Waals surface area (Å²) >= 11 is 0. The van der Waals surface area contributed by atoms with Crippen molar-refractivity contribution in [1.82, 2.24) is 0 Å². The van der Waals surface area contributed by atoms with E-state index in [9.17, 15) is 14.4 Å². The Labute approximate surface area is 425 Å². The molecule has 0 unspecified atom stereocenters. The van der Waals surface area contributed by atoms with Crippen molar-refractivity contribution in [3.8, 4) is 0 Å². The Kier molecular flexibility index (Phi) is 69.1. The van der Waals surface area contributed by atoms with Gasteiger partial charge in [-0.2, -0.15) is 0 Å². The van der Waals surface area contributed by atoms with Crippen LogP contribution in [0.2, 0.25) is 0 Å². The molecule has 6 heteroatoms. The van der Waals surface area contributed by atoms with Crippen molar-refractivity contribution in [1.29, 1.82) is 0 Å². The molecule has 0 saturated heterocycles. The van der Waals surface area contributed by atoms with Gasteiger partial charge < -0.3 is 15.3 Å². The molecular weight excluding hydrogens is 841 g/mol. The van der Waals surface area contributed by atoms with Gasteiger partial charge in [-0.15, -0.1) is 0 Å². The van der Waals surface area contributed by atoms with Crippen molar-refractivity contribution in [3.05, 3.63) is 24.3 Å². The highest BCUT2D eigenvalue weighted by molar-refractivity contribution is 5.67. The van der Waals surface area contributed by atoms with E-state index in [-0.39, 0.29) is 0 Å². The zero-order valence-electron chi connectivity index (χ0n) is 46.1. The Bertz CT molecular complexity index is 967. The number of carboxylic acid groups (broad SMARTS) is 3. The standard InChI is InChI=1S/C22H44O2.2C20H38O2/c1-2-3-4-5-6-7-8-9-10-11-12-13-14-15-16-17-18-19-20-21-22(23)24;2*1-2-3-4-5-6-7-8-9-10-11-12-13-14-15-16-17-18-19-20(21)22/h2-21H2,1H3,(H,23,24);2*11-12H,2-10,13-19H2,1H3,(H,21,22)/b;2*12-11-. The van der Waals surface area contributed by atoms with E-state index in [1.807, 2.05) is 0 Å². The van der Waals surface area contributed by atoms with Crippen molar-refractivity contribution < 1.29 is 29.7 Å². The van der Waals surface area contributed by atoms with Crippen LogP contribution in [0.3, 0.4) is 0 Å². The van der Waals surface area contributed by atoms with Crippen molar-refractivity contribution >= 4 is 17.9 Å². The first kappa shape index (κ1) is 70.1. The molecule has 0 saturated carbocycles. The molecule has 0 aromatic heterocycles. The van der Waals surface area contributed by atoms with Crippen LogP contribution in [0.5, 0.6) is 0 Å². The van der Waals surface area contributed by atoms with Gasteiger partial charge in [0.2, 0.25) is 0 Å². The summed E-state index contributed by atoms with van der Waals surface area (Å²) in [5, 5.41) is 25.6. The summed E-state index contributed by atoms with van der Waals surface area (Å²) < 4.78 is 0. The molecule has 0 aliphatic heterocycles. The van der Waals surface area contributed by atoms with Gasteiger partial charge in [0.15, 0.2) is 0 Å². The summed E-state index contributed by atoms with van der Waals surface area (Å²) in [5.74, 6) is -1.98. The summed E-state index contributed by atoms with van der Waals surface area (Å²) in [6.07, 6.45) is 74.5. The number of allylic oxidation sites excluding steroid dienone is 4. The average molecular weight is 962 g/mol. The quantitative estimate of drug-likeness (QED) is 0.0414. The van der Waals surface area contributed by atoms with Crippen LogP contribution in [0.4, 0.5) is 0 Å². The average Bonchev–Trinajstić information content (AvgIpc) is 3.32. The summed E-state index contributed by atoms with van der Waals surface area (Å²) in [7, 11) is 0. The Morgan fingerprint density at radius 1 is 0.221 bits per heavy atom. The fraction of sp³-hybridized carbons (Fsp3) is 0.887. The molecular formula is C62H120O6. The third-order valence-electron chi connectivity index (χ3n) is 13.3. The molecule has 0 spiro atoms. The van der Waals surface area contributed by atoms with Crippen LogP contribution >= 0.6 is 0 Å². The smallest absolute Gasteiger partial charge is 0.303 e. The molecule has 6 nitrogen and oxygen atoms in total. The molecule has 0 aliphatic rings. The molecule has 0 heterocycles. The number of rotatable bonds is 54. The lowest BCUT2D eigenvalue weighted by Gasteiger charge is -2.03. The fourth-order valence-electron chi connectivity index (χ4n) is 8.76. The van der Waals surface area contributed by atoms with Gasteiger partial charge in [0, 0.05) is 19.3 Å². The molecule has 0 aliphatic carbocycles. The third kappa shape index (κ3) is 78.1. The highest BCUT2D eigenvalue weighted by atomic mass is 16.4. The molecule has 3 N–H and O–H groups in total. The highest BCUT2D eigenvalue weighted by Crippen LogP contribution is 2.16. The van der Waals surface area contributed by atoms with Crippen LogP contribution in [0, 0.1) is 0 Å². The van der Waals surface area contributed by atoms with E-state index in [0.29, 0.717) is 19.3 Å². The molecule has 68 heavy (non-hydrogen) atoms. The molecule has 0 atom stereocenters. The minimum atomic E-state index is -0.663. The lowest BCUT2D eigenvalue weighted by atomic mass is 10.0. The van der Waals surface area contributed by atoms with Crippen LogP contribution in [0.15, 0.2) is 24.3 Å². The van der Waals surface area contributed by atoms with E-state index in [1.165, 1.54) is 276 Å². The van der Waals surface area contributed by atoms with Gasteiger partial charge in [0.1, 0.15) is 0 Å². The minimum Gasteiger partial charge on any atom is -0.481 e. The summed E-state index contributed by atoms with van der Waals surface area (Å²) in [5.41, 5.74) is 0. The van der Waals surface area contributed by atoms with Crippen LogP contribution in [-0.2, 0) is 14.4 Å². The van der Waals surface area contributed by atoms with E-state index in [0.717, 1.165) is 38.5 Å². The largest absolute Gasteiger partial charge is 0.481 e. The Morgan fingerprint density at radius 2 is 0.353 bits per heavy atom. The fourth-order valence-corrected chi connectivity index (χ4v) is 8.76. The monoisotopic (exact) mass is 961 g/mol. The number of aliphatic carboxylic acids is 3. The minimum absolute atomic E-state index is 0.332. The third-order valence-corrected chi connectivity index (χ3v) is 13.3. The molecule has 0 aromatic carbocycles. The molecule has 0 rings (SSSR count). The first-order valence-electron chi connectivity index (χ1n) is 30.3. The highest BCUT2D eigenvalue weighted by Gasteiger charge is 2.00. The second-order valence-corrected chi connectivity index (χ2v) is 20.4. The summed E-state index contributed by atoms with van der Waals surface area (Å²) in [6, 6.07) is 0. The van der Waals surface area contributed by atoms with Gasteiger partial charge in [-0.3, -0.25) is 14.4 Å². The molecule has 0 fully saturated rings. The van der Waals surface area contributed by atoms with E-state index >= 15 is 0 Å². The first-order valence-corrected chi connectivity index (χ1v) is 30.3.